The summed E-state index contributed by atoms with van der Waals surface area (Å²) in [5.74, 6) is 0. The Kier molecular flexibility index (Phi) is 9.95. The number of aliphatic hydroxyl groups excluding tert-OH is 1. The largest absolute Gasteiger partial charge is 0.396 e. The van der Waals surface area contributed by atoms with Crippen molar-refractivity contribution >= 4 is 0 Å². The molecule has 0 rings (SSSR count). The maximum absolute atomic E-state index is 8.49. The molecule has 0 bridgehead atoms. The lowest BCUT2D eigenvalue weighted by Crippen LogP contribution is -1.77. The van der Waals surface area contributed by atoms with E-state index in [-0.39, 0.29) is 0 Å². The van der Waals surface area contributed by atoms with Crippen molar-refractivity contribution in [3.8, 4) is 0 Å². The summed E-state index contributed by atoms with van der Waals surface area (Å²) in [5.41, 5.74) is 0. The first-order valence-electron chi connectivity index (χ1n) is 4.82. The molecule has 1 heteroatoms. The number of hydrogen-bond acceptors (Lipinski definition) is 1. The molecule has 0 aliphatic carbocycles. The molecule has 0 aliphatic heterocycles. The molecule has 0 fully saturated rings. The Hall–Kier alpha value is -0.560. The molecular formula is C11H20O. The van der Waals surface area contributed by atoms with Crippen molar-refractivity contribution in [1.29, 1.82) is 0 Å². The van der Waals surface area contributed by atoms with Crippen LogP contribution in [-0.2, 0) is 0 Å². The minimum Gasteiger partial charge on any atom is -0.396 e. The quantitative estimate of drug-likeness (QED) is 0.457. The Morgan fingerprint density at radius 3 is 2.25 bits per heavy atom. The molecule has 0 radical (unpaired) electrons. The predicted octanol–water partition coefficient (Wildman–Crippen LogP) is 3.06. The molecule has 0 amide bonds. The number of aliphatic hydroxyl groups is 1. The molecule has 70 valence electrons. The van der Waals surface area contributed by atoms with Gasteiger partial charge < -0.3 is 5.11 Å². The topological polar surface area (TPSA) is 20.2 Å². The van der Waals surface area contributed by atoms with Crippen molar-refractivity contribution in [2.45, 2.75) is 39.0 Å². The van der Waals surface area contributed by atoms with Crippen molar-refractivity contribution in [3.05, 3.63) is 24.3 Å². The maximum Gasteiger partial charge on any atom is 0.0433 e. The fourth-order valence-electron chi connectivity index (χ4n) is 0.883. The van der Waals surface area contributed by atoms with Crippen LogP contribution >= 0.6 is 0 Å². The third-order valence-electron chi connectivity index (χ3n) is 1.59. The van der Waals surface area contributed by atoms with Crippen molar-refractivity contribution in [2.24, 2.45) is 0 Å². The van der Waals surface area contributed by atoms with E-state index in [1.165, 1.54) is 12.8 Å². The zero-order valence-corrected chi connectivity index (χ0v) is 8.00. The molecule has 0 heterocycles. The minimum atomic E-state index is 0.302. The fraction of sp³-hybridized carbons (Fsp3) is 0.636. The molecule has 0 unspecified atom stereocenters. The van der Waals surface area contributed by atoms with Gasteiger partial charge in [-0.3, -0.25) is 0 Å². The molecule has 0 atom stereocenters. The van der Waals surface area contributed by atoms with Gasteiger partial charge in [-0.15, -0.1) is 0 Å². The van der Waals surface area contributed by atoms with E-state index in [1.807, 2.05) is 0 Å². The van der Waals surface area contributed by atoms with E-state index < -0.39 is 0 Å². The highest BCUT2D eigenvalue weighted by molar-refractivity contribution is 4.92. The van der Waals surface area contributed by atoms with Crippen LogP contribution in [0.2, 0.25) is 0 Å². The number of rotatable bonds is 7. The third-order valence-corrected chi connectivity index (χ3v) is 1.59. The van der Waals surface area contributed by atoms with Gasteiger partial charge in [0.2, 0.25) is 0 Å². The fourth-order valence-corrected chi connectivity index (χ4v) is 0.883. The summed E-state index contributed by atoms with van der Waals surface area (Å²) >= 11 is 0. The lowest BCUT2D eigenvalue weighted by atomic mass is 10.2. The van der Waals surface area contributed by atoms with Crippen LogP contribution in [-0.4, -0.2) is 11.7 Å². The molecule has 1 nitrogen and oxygen atoms in total. The summed E-state index contributed by atoms with van der Waals surface area (Å²) < 4.78 is 0. The molecule has 0 aliphatic rings. The summed E-state index contributed by atoms with van der Waals surface area (Å²) in [6, 6.07) is 0. The van der Waals surface area contributed by atoms with Gasteiger partial charge in [0.05, 0.1) is 0 Å². The highest BCUT2D eigenvalue weighted by Crippen LogP contribution is 1.94. The van der Waals surface area contributed by atoms with E-state index in [9.17, 15) is 0 Å². The van der Waals surface area contributed by atoms with Gasteiger partial charge in [0.1, 0.15) is 0 Å². The standard InChI is InChI=1S/C11H20O/c1-2-3-4-5-6-7-8-9-10-11-12/h4-5,7-8,12H,2-3,6,9-11H2,1H3. The SMILES string of the molecule is CCCC=CCC=CCCCO. The number of unbranched alkanes of at least 4 members (excludes halogenated alkanes) is 2. The molecule has 12 heavy (non-hydrogen) atoms. The molecule has 0 spiro atoms. The summed E-state index contributed by atoms with van der Waals surface area (Å²) in [7, 11) is 0. The first kappa shape index (κ1) is 11.4. The molecule has 0 aromatic rings. The Morgan fingerprint density at radius 2 is 1.67 bits per heavy atom. The Balaban J connectivity index is 3.12. The van der Waals surface area contributed by atoms with Crippen LogP contribution in [0.3, 0.4) is 0 Å². The molecule has 0 saturated carbocycles. The van der Waals surface area contributed by atoms with Gasteiger partial charge in [-0.1, -0.05) is 37.6 Å². The van der Waals surface area contributed by atoms with Gasteiger partial charge in [-0.2, -0.15) is 0 Å². The lowest BCUT2D eigenvalue weighted by Gasteiger charge is -1.87. The van der Waals surface area contributed by atoms with E-state index in [2.05, 4.69) is 31.2 Å². The zero-order valence-electron chi connectivity index (χ0n) is 8.00. The van der Waals surface area contributed by atoms with Gasteiger partial charge in [0.25, 0.3) is 0 Å². The van der Waals surface area contributed by atoms with E-state index >= 15 is 0 Å². The average Bonchev–Trinajstić information content (AvgIpc) is 2.10. The van der Waals surface area contributed by atoms with E-state index in [0.717, 1.165) is 19.3 Å². The maximum atomic E-state index is 8.49. The highest BCUT2D eigenvalue weighted by atomic mass is 16.2. The van der Waals surface area contributed by atoms with Crippen molar-refractivity contribution in [3.63, 3.8) is 0 Å². The van der Waals surface area contributed by atoms with Gasteiger partial charge in [-0.05, 0) is 25.7 Å². The summed E-state index contributed by atoms with van der Waals surface area (Å²) in [5, 5.41) is 8.49. The molecule has 0 saturated heterocycles. The van der Waals surface area contributed by atoms with Crippen LogP contribution in [0.4, 0.5) is 0 Å². The predicted molar refractivity (Wildman–Crippen MR) is 54.1 cm³/mol. The molecule has 1 N–H and O–H groups in total. The third kappa shape index (κ3) is 9.44. The Morgan fingerprint density at radius 1 is 1.00 bits per heavy atom. The van der Waals surface area contributed by atoms with Crippen LogP contribution in [0, 0.1) is 0 Å². The highest BCUT2D eigenvalue weighted by Gasteiger charge is 1.77. The first-order valence-corrected chi connectivity index (χ1v) is 4.82. The van der Waals surface area contributed by atoms with Crippen LogP contribution in [0.25, 0.3) is 0 Å². The smallest absolute Gasteiger partial charge is 0.0433 e. The van der Waals surface area contributed by atoms with Gasteiger partial charge >= 0.3 is 0 Å². The van der Waals surface area contributed by atoms with E-state index in [1.54, 1.807) is 0 Å². The Labute approximate surface area is 75.8 Å². The monoisotopic (exact) mass is 168 g/mol. The Bertz CT molecular complexity index is 125. The van der Waals surface area contributed by atoms with Crippen LogP contribution in [0.1, 0.15) is 39.0 Å². The van der Waals surface area contributed by atoms with E-state index in [4.69, 9.17) is 5.11 Å². The lowest BCUT2D eigenvalue weighted by molar-refractivity contribution is 0.289. The van der Waals surface area contributed by atoms with Gasteiger partial charge in [-0.25, -0.2) is 0 Å². The summed E-state index contributed by atoms with van der Waals surface area (Å²) in [4.78, 5) is 0. The minimum absolute atomic E-state index is 0.302. The molecular weight excluding hydrogens is 148 g/mol. The van der Waals surface area contributed by atoms with Crippen molar-refractivity contribution in [1.82, 2.24) is 0 Å². The average molecular weight is 168 g/mol. The summed E-state index contributed by atoms with van der Waals surface area (Å²) in [6.07, 6.45) is 14.0. The second-order valence-electron chi connectivity index (χ2n) is 2.83. The van der Waals surface area contributed by atoms with Gasteiger partial charge in [0, 0.05) is 6.61 Å². The van der Waals surface area contributed by atoms with Crippen LogP contribution in [0.15, 0.2) is 24.3 Å². The zero-order chi connectivity index (χ0) is 9.07. The molecule has 0 aromatic heterocycles. The number of allylic oxidation sites excluding steroid dienone is 4. The normalized spacial score (nSPS) is 11.8. The second kappa shape index (κ2) is 10.4. The first-order chi connectivity index (χ1) is 5.91. The van der Waals surface area contributed by atoms with Gasteiger partial charge in [0.15, 0.2) is 0 Å². The molecule has 0 aromatic carbocycles. The van der Waals surface area contributed by atoms with E-state index in [0.29, 0.717) is 6.61 Å². The van der Waals surface area contributed by atoms with Crippen molar-refractivity contribution in [2.75, 3.05) is 6.61 Å². The van der Waals surface area contributed by atoms with Crippen LogP contribution in [0.5, 0.6) is 0 Å². The second-order valence-corrected chi connectivity index (χ2v) is 2.83. The summed E-state index contributed by atoms with van der Waals surface area (Å²) in [6.45, 7) is 2.48. The van der Waals surface area contributed by atoms with Crippen molar-refractivity contribution < 1.29 is 5.11 Å². The van der Waals surface area contributed by atoms with Crippen LogP contribution < -0.4 is 0 Å². The number of hydrogen-bond donors (Lipinski definition) is 1.